The Hall–Kier alpha value is -1.15. The molecule has 1 atom stereocenters. The Morgan fingerprint density at radius 2 is 2.00 bits per heavy atom. The second-order valence-electron chi connectivity index (χ2n) is 3.61. The van der Waals surface area contributed by atoms with Gasteiger partial charge in [0.25, 0.3) is 0 Å². The Morgan fingerprint density at radius 1 is 1.36 bits per heavy atom. The summed E-state index contributed by atoms with van der Waals surface area (Å²) in [5, 5.41) is 9.60. The molecule has 0 spiro atoms. The molecule has 0 heterocycles. The number of benzene rings is 1. The van der Waals surface area contributed by atoms with Gasteiger partial charge >= 0.3 is 0 Å². The van der Waals surface area contributed by atoms with Gasteiger partial charge in [-0.1, -0.05) is 26.0 Å². The van der Waals surface area contributed by atoms with Crippen LogP contribution in [0.5, 0.6) is 0 Å². The summed E-state index contributed by atoms with van der Waals surface area (Å²) in [6, 6.07) is 4.48. The summed E-state index contributed by atoms with van der Waals surface area (Å²) in [6.45, 7) is 7.51. The molecule has 0 saturated heterocycles. The quantitative estimate of drug-likeness (QED) is 0.733. The maximum Gasteiger partial charge on any atom is 0.123 e. The Bertz CT molecular complexity index is 331. The summed E-state index contributed by atoms with van der Waals surface area (Å²) in [5.74, 6) is -0.0644. The van der Waals surface area contributed by atoms with Crippen molar-refractivity contribution in [1.82, 2.24) is 0 Å². The van der Waals surface area contributed by atoms with Crippen LogP contribution < -0.4 is 0 Å². The number of aliphatic hydroxyl groups is 1. The lowest BCUT2D eigenvalue weighted by molar-refractivity contribution is 0.227. The fourth-order valence-electron chi connectivity index (χ4n) is 1.45. The summed E-state index contributed by atoms with van der Waals surface area (Å²) in [4.78, 5) is 0. The van der Waals surface area contributed by atoms with E-state index in [1.165, 1.54) is 18.2 Å². The normalized spacial score (nSPS) is 12.9. The van der Waals surface area contributed by atoms with Crippen molar-refractivity contribution in [2.24, 2.45) is 0 Å². The predicted molar refractivity (Wildman–Crippen MR) is 55.6 cm³/mol. The van der Waals surface area contributed by atoms with Crippen molar-refractivity contribution in [1.29, 1.82) is 0 Å². The van der Waals surface area contributed by atoms with E-state index in [0.717, 1.165) is 5.56 Å². The monoisotopic (exact) mass is 194 g/mol. The molecule has 14 heavy (non-hydrogen) atoms. The van der Waals surface area contributed by atoms with Crippen molar-refractivity contribution in [2.45, 2.75) is 25.9 Å². The van der Waals surface area contributed by atoms with Gasteiger partial charge in [-0.3, -0.25) is 0 Å². The summed E-state index contributed by atoms with van der Waals surface area (Å²) in [6.07, 6.45) is 0.615. The summed E-state index contributed by atoms with van der Waals surface area (Å²) in [5.41, 5.74) is 1.56. The zero-order valence-electron chi connectivity index (χ0n) is 8.50. The molecule has 1 rings (SSSR count). The number of aliphatic hydroxyl groups excluding tert-OH is 1. The fourth-order valence-corrected chi connectivity index (χ4v) is 1.45. The van der Waals surface area contributed by atoms with Crippen LogP contribution in [0.4, 0.5) is 4.39 Å². The fraction of sp³-hybridized carbons (Fsp3) is 0.333. The summed E-state index contributed by atoms with van der Waals surface area (Å²) >= 11 is 0. The third-order valence-electron chi connectivity index (χ3n) is 2.21. The lowest BCUT2D eigenvalue weighted by Crippen LogP contribution is -2.01. The molecule has 1 N–H and O–H groups in total. The van der Waals surface area contributed by atoms with Crippen molar-refractivity contribution in [3.8, 4) is 0 Å². The summed E-state index contributed by atoms with van der Waals surface area (Å²) < 4.78 is 13.0. The Kier molecular flexibility index (Phi) is 3.42. The highest BCUT2D eigenvalue weighted by molar-refractivity contribution is 5.33. The van der Waals surface area contributed by atoms with E-state index in [1.54, 1.807) is 6.07 Å². The molecule has 0 aliphatic rings. The van der Waals surface area contributed by atoms with Gasteiger partial charge in [0.2, 0.25) is 0 Å². The van der Waals surface area contributed by atoms with Crippen LogP contribution in [-0.4, -0.2) is 5.11 Å². The molecule has 1 unspecified atom stereocenters. The van der Waals surface area contributed by atoms with Gasteiger partial charge in [0, 0.05) is 0 Å². The van der Waals surface area contributed by atoms with Crippen molar-refractivity contribution in [3.05, 3.63) is 47.8 Å². The molecule has 0 bridgehead atoms. The van der Waals surface area contributed by atoms with Crippen LogP contribution in [0.3, 0.4) is 0 Å². The summed E-state index contributed by atoms with van der Waals surface area (Å²) in [7, 11) is 0. The van der Waals surface area contributed by atoms with E-state index in [9.17, 15) is 9.50 Å². The highest BCUT2D eigenvalue weighted by Crippen LogP contribution is 2.26. The molecule has 0 fully saturated rings. The lowest BCUT2D eigenvalue weighted by Gasteiger charge is -2.15. The van der Waals surface area contributed by atoms with E-state index < -0.39 is 6.10 Å². The van der Waals surface area contributed by atoms with Crippen LogP contribution in [0.25, 0.3) is 0 Å². The van der Waals surface area contributed by atoms with Crippen molar-refractivity contribution >= 4 is 0 Å². The van der Waals surface area contributed by atoms with Gasteiger partial charge in [-0.25, -0.2) is 4.39 Å². The molecule has 1 nitrogen and oxygen atoms in total. The van der Waals surface area contributed by atoms with Gasteiger partial charge in [0.1, 0.15) is 5.82 Å². The van der Waals surface area contributed by atoms with Gasteiger partial charge in [-0.2, -0.15) is 0 Å². The first-order valence-electron chi connectivity index (χ1n) is 4.66. The average Bonchev–Trinajstić information content (AvgIpc) is 2.16. The van der Waals surface area contributed by atoms with Crippen LogP contribution in [0.1, 0.15) is 37.0 Å². The van der Waals surface area contributed by atoms with Crippen LogP contribution in [-0.2, 0) is 0 Å². The molecule has 1 aromatic carbocycles. The molecule has 0 saturated carbocycles. The zero-order valence-corrected chi connectivity index (χ0v) is 8.50. The first-order valence-corrected chi connectivity index (χ1v) is 4.66. The maximum absolute atomic E-state index is 13.0. The third-order valence-corrected chi connectivity index (χ3v) is 2.21. The van der Waals surface area contributed by atoms with Crippen LogP contribution in [0.2, 0.25) is 0 Å². The largest absolute Gasteiger partial charge is 0.384 e. The second kappa shape index (κ2) is 4.38. The SMILES string of the molecule is C=CC(O)c1cc(F)ccc1C(C)C. The smallest absolute Gasteiger partial charge is 0.123 e. The van der Waals surface area contributed by atoms with Crippen molar-refractivity contribution in [3.63, 3.8) is 0 Å². The number of hydrogen-bond acceptors (Lipinski definition) is 1. The highest BCUT2D eigenvalue weighted by Gasteiger charge is 2.12. The minimum atomic E-state index is -0.789. The van der Waals surface area contributed by atoms with Gasteiger partial charge in [0.15, 0.2) is 0 Å². The highest BCUT2D eigenvalue weighted by atomic mass is 19.1. The first kappa shape index (κ1) is 10.9. The minimum absolute atomic E-state index is 0.264. The van der Waals surface area contributed by atoms with Crippen molar-refractivity contribution in [2.75, 3.05) is 0 Å². The van der Waals surface area contributed by atoms with Gasteiger partial charge in [-0.05, 0) is 29.2 Å². The number of halogens is 1. The van der Waals surface area contributed by atoms with Crippen LogP contribution >= 0.6 is 0 Å². The minimum Gasteiger partial charge on any atom is -0.384 e. The Morgan fingerprint density at radius 3 is 2.50 bits per heavy atom. The third kappa shape index (κ3) is 2.20. The van der Waals surface area contributed by atoms with E-state index in [2.05, 4.69) is 6.58 Å². The molecule has 1 aromatic rings. The van der Waals surface area contributed by atoms with E-state index in [4.69, 9.17) is 0 Å². The van der Waals surface area contributed by atoms with Gasteiger partial charge in [-0.15, -0.1) is 6.58 Å². The molecule has 0 radical (unpaired) electrons. The molecule has 76 valence electrons. The van der Waals surface area contributed by atoms with E-state index in [-0.39, 0.29) is 11.7 Å². The van der Waals surface area contributed by atoms with E-state index >= 15 is 0 Å². The lowest BCUT2D eigenvalue weighted by atomic mass is 9.94. The van der Waals surface area contributed by atoms with E-state index in [0.29, 0.717) is 5.56 Å². The molecule has 0 amide bonds. The number of hydrogen-bond donors (Lipinski definition) is 1. The number of rotatable bonds is 3. The topological polar surface area (TPSA) is 20.2 Å². The van der Waals surface area contributed by atoms with Crippen molar-refractivity contribution < 1.29 is 9.50 Å². The van der Waals surface area contributed by atoms with Gasteiger partial charge in [0.05, 0.1) is 6.10 Å². The van der Waals surface area contributed by atoms with Crippen LogP contribution in [0, 0.1) is 5.82 Å². The van der Waals surface area contributed by atoms with E-state index in [1.807, 2.05) is 13.8 Å². The Balaban J connectivity index is 3.22. The average molecular weight is 194 g/mol. The molecular weight excluding hydrogens is 179 g/mol. The molecular formula is C12H15FO. The molecule has 0 aliphatic heterocycles. The first-order chi connectivity index (χ1) is 6.56. The maximum atomic E-state index is 13.0. The molecule has 0 aromatic heterocycles. The standard InChI is InChI=1S/C12H15FO/c1-4-12(14)11-7-9(13)5-6-10(11)8(2)3/h4-8,12,14H,1H2,2-3H3. The Labute approximate surface area is 83.9 Å². The zero-order chi connectivity index (χ0) is 10.7. The van der Waals surface area contributed by atoms with Gasteiger partial charge < -0.3 is 5.11 Å². The van der Waals surface area contributed by atoms with Crippen LogP contribution in [0.15, 0.2) is 30.9 Å². The predicted octanol–water partition coefficient (Wildman–Crippen LogP) is 3.17. The second-order valence-corrected chi connectivity index (χ2v) is 3.61. The molecule has 2 heteroatoms. The molecule has 0 aliphatic carbocycles.